The van der Waals surface area contributed by atoms with Gasteiger partial charge in [0.2, 0.25) is 5.91 Å². The Bertz CT molecular complexity index is 1370. The molecule has 240 valence electrons. The molecule has 2 heterocycles. The zero-order valence-electron chi connectivity index (χ0n) is 26.7. The number of benzene rings is 2. The van der Waals surface area contributed by atoms with Crippen molar-refractivity contribution in [2.24, 2.45) is 11.8 Å². The maximum atomic E-state index is 13.6. The van der Waals surface area contributed by atoms with Crippen LogP contribution in [0.3, 0.4) is 0 Å². The van der Waals surface area contributed by atoms with Gasteiger partial charge >= 0.3 is 0 Å². The number of amides is 3. The third-order valence-corrected chi connectivity index (χ3v) is 9.96. The van der Waals surface area contributed by atoms with E-state index in [9.17, 15) is 24.3 Å². The van der Waals surface area contributed by atoms with Gasteiger partial charge in [0.05, 0.1) is 29.8 Å². The Kier molecular flexibility index (Phi) is 11.4. The van der Waals surface area contributed by atoms with Crippen LogP contribution in [-0.4, -0.2) is 57.6 Å². The van der Waals surface area contributed by atoms with Crippen molar-refractivity contribution in [1.82, 2.24) is 9.80 Å². The van der Waals surface area contributed by atoms with Gasteiger partial charge in [0.1, 0.15) is 5.78 Å². The fourth-order valence-corrected chi connectivity index (χ4v) is 7.37. The summed E-state index contributed by atoms with van der Waals surface area (Å²) in [5.41, 5.74) is 3.01. The average molecular weight is 613 g/mol. The highest BCUT2D eigenvalue weighted by Gasteiger charge is 2.40. The summed E-state index contributed by atoms with van der Waals surface area (Å²) in [5, 5.41) is 10.3. The molecular weight excluding hydrogens is 564 g/mol. The monoisotopic (exact) mass is 612 g/mol. The van der Waals surface area contributed by atoms with E-state index in [1.807, 2.05) is 29.2 Å². The molecule has 1 fully saturated rings. The van der Waals surface area contributed by atoms with Crippen LogP contribution in [0.15, 0.2) is 60.7 Å². The van der Waals surface area contributed by atoms with Crippen LogP contribution in [0.25, 0.3) is 0 Å². The van der Waals surface area contributed by atoms with Crippen molar-refractivity contribution >= 4 is 23.5 Å². The maximum Gasteiger partial charge on any atom is 0.261 e. The van der Waals surface area contributed by atoms with Gasteiger partial charge in [-0.2, -0.15) is 0 Å². The zero-order valence-corrected chi connectivity index (χ0v) is 26.7. The molecule has 0 bridgehead atoms. The van der Waals surface area contributed by atoms with Crippen molar-refractivity contribution in [1.29, 1.82) is 0 Å². The summed E-state index contributed by atoms with van der Waals surface area (Å²) in [6.45, 7) is 2.87. The molecule has 2 aromatic carbocycles. The van der Waals surface area contributed by atoms with E-state index < -0.39 is 6.10 Å². The van der Waals surface area contributed by atoms with Crippen molar-refractivity contribution in [3.05, 3.63) is 82.9 Å². The summed E-state index contributed by atoms with van der Waals surface area (Å²) in [6, 6.07) is 14.6. The summed E-state index contributed by atoms with van der Waals surface area (Å²) in [6.07, 6.45) is 14.8. The summed E-state index contributed by atoms with van der Waals surface area (Å²) in [5.74, 6) is 0.0675. The fourth-order valence-electron chi connectivity index (χ4n) is 7.37. The molecule has 7 nitrogen and oxygen atoms in total. The Hall–Kier alpha value is -3.58. The van der Waals surface area contributed by atoms with Gasteiger partial charge in [0, 0.05) is 25.3 Å². The first-order valence-electron chi connectivity index (χ1n) is 17.1. The minimum absolute atomic E-state index is 0.0436. The Morgan fingerprint density at radius 3 is 2.38 bits per heavy atom. The highest BCUT2D eigenvalue weighted by atomic mass is 16.3. The molecule has 7 heteroatoms. The topological polar surface area (TPSA) is 95.0 Å². The molecule has 1 N–H and O–H groups in total. The first-order valence-corrected chi connectivity index (χ1v) is 17.1. The van der Waals surface area contributed by atoms with Gasteiger partial charge in [-0.3, -0.25) is 24.1 Å². The van der Waals surface area contributed by atoms with Crippen LogP contribution in [0.1, 0.15) is 122 Å². The van der Waals surface area contributed by atoms with Crippen molar-refractivity contribution in [2.45, 2.75) is 103 Å². The number of nitrogens with zero attached hydrogens (tertiary/aromatic N) is 2. The van der Waals surface area contributed by atoms with E-state index >= 15 is 0 Å². The zero-order chi connectivity index (χ0) is 31.8. The molecule has 0 aromatic heterocycles. The summed E-state index contributed by atoms with van der Waals surface area (Å²) >= 11 is 0. The first kappa shape index (κ1) is 32.8. The molecule has 0 saturated heterocycles. The number of ketones is 1. The van der Waals surface area contributed by atoms with Crippen molar-refractivity contribution < 1.29 is 24.3 Å². The average Bonchev–Trinajstić information content (AvgIpc) is 3.52. The number of hydrogen-bond donors (Lipinski definition) is 1. The lowest BCUT2D eigenvalue weighted by Crippen LogP contribution is -2.46. The second kappa shape index (κ2) is 15.6. The number of allylic oxidation sites excluding steroid dienone is 1. The number of unbranched alkanes of at least 4 members (excludes halogenated alkanes) is 5. The molecule has 0 spiro atoms. The van der Waals surface area contributed by atoms with Crippen LogP contribution in [0, 0.1) is 11.8 Å². The van der Waals surface area contributed by atoms with Crippen LogP contribution in [0.5, 0.6) is 0 Å². The van der Waals surface area contributed by atoms with Crippen LogP contribution < -0.4 is 0 Å². The first-order chi connectivity index (χ1) is 21.9. The molecule has 2 aliphatic heterocycles. The maximum absolute atomic E-state index is 13.6. The van der Waals surface area contributed by atoms with E-state index in [0.717, 1.165) is 81.8 Å². The minimum Gasteiger partial charge on any atom is -0.389 e. The van der Waals surface area contributed by atoms with Crippen LogP contribution in [0.4, 0.5) is 0 Å². The predicted octanol–water partition coefficient (Wildman–Crippen LogP) is 6.84. The lowest BCUT2D eigenvalue weighted by molar-refractivity contribution is -0.134. The Morgan fingerprint density at radius 1 is 0.911 bits per heavy atom. The van der Waals surface area contributed by atoms with Gasteiger partial charge in [-0.1, -0.05) is 94.0 Å². The Balaban J connectivity index is 1.11. The molecule has 4 atom stereocenters. The number of imide groups is 1. The molecular formula is C38H48N2O5. The number of carbonyl (C=O) groups is 4. The number of Topliss-reactive ketones (excluding diaryl/α,β-unsaturated/α-hetero) is 1. The van der Waals surface area contributed by atoms with Crippen molar-refractivity contribution in [3.63, 3.8) is 0 Å². The second-order valence-electron chi connectivity index (χ2n) is 13.0. The van der Waals surface area contributed by atoms with E-state index in [0.29, 0.717) is 36.3 Å². The van der Waals surface area contributed by atoms with E-state index in [1.165, 1.54) is 4.90 Å². The number of fused-ring (bicyclic) bond motifs is 2. The van der Waals surface area contributed by atoms with Gasteiger partial charge < -0.3 is 10.0 Å². The van der Waals surface area contributed by atoms with Gasteiger partial charge in [0.15, 0.2) is 0 Å². The van der Waals surface area contributed by atoms with Crippen molar-refractivity contribution in [2.75, 3.05) is 13.1 Å². The number of aliphatic hydroxyl groups excluding tert-OH is 1. The van der Waals surface area contributed by atoms with E-state index in [4.69, 9.17) is 0 Å². The van der Waals surface area contributed by atoms with E-state index in [2.05, 4.69) is 19.1 Å². The summed E-state index contributed by atoms with van der Waals surface area (Å²) in [7, 11) is 0. The van der Waals surface area contributed by atoms with Gasteiger partial charge in [-0.25, -0.2) is 0 Å². The number of rotatable bonds is 15. The van der Waals surface area contributed by atoms with Crippen LogP contribution in [0.2, 0.25) is 0 Å². The fraction of sp³-hybridized carbons (Fsp3) is 0.526. The minimum atomic E-state index is -0.425. The largest absolute Gasteiger partial charge is 0.389 e. The predicted molar refractivity (Wildman–Crippen MR) is 175 cm³/mol. The van der Waals surface area contributed by atoms with Gasteiger partial charge in [-0.05, 0) is 61.3 Å². The van der Waals surface area contributed by atoms with E-state index in [1.54, 1.807) is 24.3 Å². The molecule has 5 rings (SSSR count). The second-order valence-corrected chi connectivity index (χ2v) is 13.0. The Morgan fingerprint density at radius 2 is 1.62 bits per heavy atom. The SMILES string of the molecule is CCCCCC(O)C=CC1CCC(=O)C1CCCCCCC(=O)N1CCc2ccccc2C1CN1C(=O)c2ccccc2C1=O. The van der Waals surface area contributed by atoms with Gasteiger partial charge in [0.25, 0.3) is 11.8 Å². The highest BCUT2D eigenvalue weighted by molar-refractivity contribution is 6.21. The smallest absolute Gasteiger partial charge is 0.261 e. The molecule has 1 aliphatic carbocycles. The van der Waals surface area contributed by atoms with E-state index in [-0.39, 0.29) is 42.1 Å². The Labute approximate surface area is 267 Å². The third-order valence-electron chi connectivity index (χ3n) is 9.96. The third kappa shape index (κ3) is 7.81. The van der Waals surface area contributed by atoms with Crippen LogP contribution in [-0.2, 0) is 16.0 Å². The normalized spacial score (nSPS) is 21.9. The number of carbonyl (C=O) groups excluding carboxylic acids is 4. The van der Waals surface area contributed by atoms with Crippen LogP contribution >= 0.6 is 0 Å². The molecule has 4 unspecified atom stereocenters. The molecule has 3 aliphatic rings. The highest BCUT2D eigenvalue weighted by Crippen LogP contribution is 2.35. The molecule has 3 amide bonds. The lowest BCUT2D eigenvalue weighted by atomic mass is 9.89. The van der Waals surface area contributed by atoms with Crippen molar-refractivity contribution in [3.8, 4) is 0 Å². The molecule has 1 saturated carbocycles. The van der Waals surface area contributed by atoms with Gasteiger partial charge in [-0.15, -0.1) is 0 Å². The number of hydrogen-bond acceptors (Lipinski definition) is 5. The quantitative estimate of drug-likeness (QED) is 0.135. The summed E-state index contributed by atoms with van der Waals surface area (Å²) in [4.78, 5) is 55.6. The molecule has 2 aromatic rings. The molecule has 0 radical (unpaired) electrons. The summed E-state index contributed by atoms with van der Waals surface area (Å²) < 4.78 is 0. The lowest BCUT2D eigenvalue weighted by Gasteiger charge is -2.39. The molecule has 45 heavy (non-hydrogen) atoms. The standard InChI is InChI=1S/C38H48N2O5/c1-2-3-6-14-29(41)22-20-28-21-23-35(42)31(28)16-7-4-5-8-19-36(43)39-25-24-27-13-9-10-15-30(27)34(39)26-40-37(44)32-17-11-12-18-33(32)38(40)45/h9-13,15,17-18,20,22,28-29,31,34,41H,2-8,14,16,19,21,23-26H2,1H3. The number of aliphatic hydroxyl groups is 1.